The second-order valence-corrected chi connectivity index (χ2v) is 3.44. The standard InChI is InChI=1S/C7H13NOS/c1-7(6-8)10-5-3-4-9-2/h7H,3-5H2,1-2H3. The van der Waals surface area contributed by atoms with Gasteiger partial charge in [-0.1, -0.05) is 0 Å². The van der Waals surface area contributed by atoms with Crippen LogP contribution in [0.1, 0.15) is 13.3 Å². The molecule has 3 heteroatoms. The van der Waals surface area contributed by atoms with Gasteiger partial charge in [0.25, 0.3) is 0 Å². The third-order valence-electron chi connectivity index (χ3n) is 1.04. The zero-order valence-corrected chi connectivity index (χ0v) is 7.28. The molecule has 10 heavy (non-hydrogen) atoms. The van der Waals surface area contributed by atoms with Crippen LogP contribution in [-0.2, 0) is 4.74 Å². The molecule has 0 N–H and O–H groups in total. The summed E-state index contributed by atoms with van der Waals surface area (Å²) >= 11 is 1.68. The first kappa shape index (κ1) is 9.80. The van der Waals surface area contributed by atoms with Crippen LogP contribution in [0.2, 0.25) is 0 Å². The SMILES string of the molecule is COCCCSC(C)C#N. The molecule has 1 unspecified atom stereocenters. The lowest BCUT2D eigenvalue weighted by Crippen LogP contribution is -1.95. The van der Waals surface area contributed by atoms with Gasteiger partial charge in [-0.25, -0.2) is 0 Å². The number of nitriles is 1. The first-order valence-corrected chi connectivity index (χ1v) is 4.36. The molecule has 1 atom stereocenters. The van der Waals surface area contributed by atoms with Gasteiger partial charge in [0.1, 0.15) is 0 Å². The molecule has 0 bridgehead atoms. The Labute approximate surface area is 66.6 Å². The van der Waals surface area contributed by atoms with Crippen LogP contribution in [0.15, 0.2) is 0 Å². The molecule has 0 aromatic heterocycles. The number of hydrogen-bond donors (Lipinski definition) is 0. The smallest absolute Gasteiger partial charge is 0.0888 e. The first-order chi connectivity index (χ1) is 4.81. The lowest BCUT2D eigenvalue weighted by atomic mass is 10.5. The van der Waals surface area contributed by atoms with Gasteiger partial charge in [0.05, 0.1) is 11.3 Å². The number of nitrogens with zero attached hydrogens (tertiary/aromatic N) is 1. The van der Waals surface area contributed by atoms with E-state index >= 15 is 0 Å². The molecule has 0 aliphatic carbocycles. The molecule has 0 saturated carbocycles. The summed E-state index contributed by atoms with van der Waals surface area (Å²) in [4.78, 5) is 0. The van der Waals surface area contributed by atoms with Crippen molar-refractivity contribution in [3.63, 3.8) is 0 Å². The third kappa shape index (κ3) is 5.93. The Morgan fingerprint density at radius 2 is 2.40 bits per heavy atom. The zero-order valence-electron chi connectivity index (χ0n) is 6.46. The maximum absolute atomic E-state index is 8.39. The summed E-state index contributed by atoms with van der Waals surface area (Å²) in [7, 11) is 1.69. The fourth-order valence-electron chi connectivity index (χ4n) is 0.501. The van der Waals surface area contributed by atoms with Crippen LogP contribution < -0.4 is 0 Å². The van der Waals surface area contributed by atoms with Crippen molar-refractivity contribution < 1.29 is 4.74 Å². The van der Waals surface area contributed by atoms with Crippen molar-refractivity contribution in [3.8, 4) is 6.07 Å². The molecular formula is C7H13NOS. The van der Waals surface area contributed by atoms with Crippen molar-refractivity contribution in [2.75, 3.05) is 19.5 Å². The van der Waals surface area contributed by atoms with Gasteiger partial charge < -0.3 is 4.74 Å². The van der Waals surface area contributed by atoms with Crippen LogP contribution in [-0.4, -0.2) is 24.7 Å². The highest BCUT2D eigenvalue weighted by molar-refractivity contribution is 8.00. The Kier molecular flexibility index (Phi) is 6.78. The van der Waals surface area contributed by atoms with Gasteiger partial charge in [0.2, 0.25) is 0 Å². The van der Waals surface area contributed by atoms with E-state index in [1.165, 1.54) is 0 Å². The molecule has 0 spiro atoms. The summed E-state index contributed by atoms with van der Waals surface area (Å²) in [5.41, 5.74) is 0. The number of thioether (sulfide) groups is 1. The highest BCUT2D eigenvalue weighted by Gasteiger charge is 1.97. The Morgan fingerprint density at radius 1 is 1.70 bits per heavy atom. The van der Waals surface area contributed by atoms with Crippen LogP contribution in [0.5, 0.6) is 0 Å². The monoisotopic (exact) mass is 159 g/mol. The lowest BCUT2D eigenvalue weighted by molar-refractivity contribution is 0.200. The Bertz CT molecular complexity index is 111. The van der Waals surface area contributed by atoms with Crippen LogP contribution in [0.4, 0.5) is 0 Å². The fraction of sp³-hybridized carbons (Fsp3) is 0.857. The van der Waals surface area contributed by atoms with Gasteiger partial charge in [0, 0.05) is 13.7 Å². The highest BCUT2D eigenvalue weighted by Crippen LogP contribution is 2.09. The van der Waals surface area contributed by atoms with Crippen LogP contribution in [0, 0.1) is 11.3 Å². The molecule has 0 amide bonds. The first-order valence-electron chi connectivity index (χ1n) is 3.31. The van der Waals surface area contributed by atoms with E-state index < -0.39 is 0 Å². The summed E-state index contributed by atoms with van der Waals surface area (Å²) in [5.74, 6) is 1.02. The predicted molar refractivity (Wildman–Crippen MR) is 44.0 cm³/mol. The molecule has 0 aliphatic heterocycles. The van der Waals surface area contributed by atoms with Crippen LogP contribution in [0.3, 0.4) is 0 Å². The van der Waals surface area contributed by atoms with E-state index in [0.29, 0.717) is 0 Å². The molecular weight excluding hydrogens is 146 g/mol. The van der Waals surface area contributed by atoms with E-state index in [4.69, 9.17) is 10.00 Å². The third-order valence-corrected chi connectivity index (χ3v) is 2.17. The minimum Gasteiger partial charge on any atom is -0.385 e. The second kappa shape index (κ2) is 6.91. The van der Waals surface area contributed by atoms with Gasteiger partial charge >= 0.3 is 0 Å². The summed E-state index contributed by atoms with van der Waals surface area (Å²) < 4.78 is 4.86. The summed E-state index contributed by atoms with van der Waals surface area (Å²) in [6.07, 6.45) is 1.03. The Hall–Kier alpha value is -0.200. The van der Waals surface area contributed by atoms with Crippen molar-refractivity contribution in [2.24, 2.45) is 0 Å². The second-order valence-electron chi connectivity index (χ2n) is 1.99. The van der Waals surface area contributed by atoms with Gasteiger partial charge in [-0.15, -0.1) is 11.8 Å². The quantitative estimate of drug-likeness (QED) is 0.572. The fourth-order valence-corrected chi connectivity index (χ4v) is 1.21. The van der Waals surface area contributed by atoms with Crippen molar-refractivity contribution >= 4 is 11.8 Å². The molecule has 58 valence electrons. The summed E-state index contributed by atoms with van der Waals surface area (Å²) in [5, 5.41) is 8.51. The van der Waals surface area contributed by atoms with Crippen molar-refractivity contribution in [1.82, 2.24) is 0 Å². The molecule has 0 heterocycles. The predicted octanol–water partition coefficient (Wildman–Crippen LogP) is 1.67. The summed E-state index contributed by atoms with van der Waals surface area (Å²) in [6, 6.07) is 2.16. The van der Waals surface area contributed by atoms with E-state index in [2.05, 4.69) is 6.07 Å². The van der Waals surface area contributed by atoms with E-state index in [9.17, 15) is 0 Å². The minimum atomic E-state index is 0.122. The van der Waals surface area contributed by atoms with Gasteiger partial charge in [0.15, 0.2) is 0 Å². The molecule has 0 aliphatic rings. The maximum Gasteiger partial charge on any atom is 0.0888 e. The Morgan fingerprint density at radius 3 is 2.90 bits per heavy atom. The summed E-state index contributed by atoms with van der Waals surface area (Å²) in [6.45, 7) is 2.71. The molecule has 2 nitrogen and oxygen atoms in total. The Balaban J connectivity index is 2.98. The largest absolute Gasteiger partial charge is 0.385 e. The molecule has 0 aromatic rings. The van der Waals surface area contributed by atoms with E-state index in [1.54, 1.807) is 18.9 Å². The van der Waals surface area contributed by atoms with Gasteiger partial charge in [-0.2, -0.15) is 5.26 Å². The van der Waals surface area contributed by atoms with Gasteiger partial charge in [-0.3, -0.25) is 0 Å². The number of rotatable bonds is 5. The van der Waals surface area contributed by atoms with Crippen molar-refractivity contribution in [1.29, 1.82) is 5.26 Å². The number of hydrogen-bond acceptors (Lipinski definition) is 3. The van der Waals surface area contributed by atoms with E-state index in [-0.39, 0.29) is 5.25 Å². The molecule has 0 radical (unpaired) electrons. The van der Waals surface area contributed by atoms with Crippen LogP contribution in [0.25, 0.3) is 0 Å². The molecule has 0 aromatic carbocycles. The molecule has 0 fully saturated rings. The molecule has 0 rings (SSSR count). The minimum absolute atomic E-state index is 0.122. The normalized spacial score (nSPS) is 12.5. The molecule has 0 saturated heterocycles. The maximum atomic E-state index is 8.39. The number of ether oxygens (including phenoxy) is 1. The van der Waals surface area contributed by atoms with Crippen molar-refractivity contribution in [3.05, 3.63) is 0 Å². The zero-order chi connectivity index (χ0) is 7.82. The van der Waals surface area contributed by atoms with E-state index in [0.717, 1.165) is 18.8 Å². The van der Waals surface area contributed by atoms with E-state index in [1.807, 2.05) is 6.92 Å². The topological polar surface area (TPSA) is 33.0 Å². The lowest BCUT2D eigenvalue weighted by Gasteiger charge is -2.00. The average molecular weight is 159 g/mol. The number of methoxy groups -OCH3 is 1. The van der Waals surface area contributed by atoms with Crippen LogP contribution >= 0.6 is 11.8 Å². The van der Waals surface area contributed by atoms with Gasteiger partial charge in [-0.05, 0) is 19.1 Å². The van der Waals surface area contributed by atoms with Crippen molar-refractivity contribution in [2.45, 2.75) is 18.6 Å². The highest BCUT2D eigenvalue weighted by atomic mass is 32.2. The average Bonchev–Trinajstić information content (AvgIpc) is 1.98.